The number of piperazine rings is 1. The molecule has 2 aromatic carbocycles. The first-order valence-electron chi connectivity index (χ1n) is 9.27. The highest BCUT2D eigenvalue weighted by atomic mass is 32.2. The molecule has 29 heavy (non-hydrogen) atoms. The summed E-state index contributed by atoms with van der Waals surface area (Å²) in [5.74, 6) is 0. The summed E-state index contributed by atoms with van der Waals surface area (Å²) in [5, 5.41) is 0. The molecule has 0 unspecified atom stereocenters. The molecule has 1 saturated heterocycles. The second-order valence-corrected chi connectivity index (χ2v) is 10.5. The zero-order valence-electron chi connectivity index (χ0n) is 16.8. The average Bonchev–Trinajstić information content (AvgIpc) is 2.83. The van der Waals surface area contributed by atoms with Gasteiger partial charge in [0, 0.05) is 52.1 Å². The summed E-state index contributed by atoms with van der Waals surface area (Å²) in [6, 6.07) is 15.6. The lowest BCUT2D eigenvalue weighted by atomic mass is 10.1. The van der Waals surface area contributed by atoms with Crippen LogP contribution in [-0.4, -0.2) is 68.5 Å². The molecule has 0 amide bonds. The standard InChI is InChI=1S/C20H22N2S2.CH4O3S/c1-21-9-11-22(12-10-21)18-13-15-5-3-4-6-19(15)24-20-8-7-16(23-2)14-17(18)20;1-5(2,3)4/h3-8,13-14H,9-12H2,1-2H3;1H3,(H,2,3,4). The van der Waals surface area contributed by atoms with Crippen molar-refractivity contribution in [2.24, 2.45) is 0 Å². The molecule has 2 aromatic rings. The van der Waals surface area contributed by atoms with Gasteiger partial charge in [-0.3, -0.25) is 4.55 Å². The minimum absolute atomic E-state index is 0.715. The van der Waals surface area contributed by atoms with E-state index in [2.05, 4.69) is 71.6 Å². The first-order valence-corrected chi connectivity index (χ1v) is 13.2. The van der Waals surface area contributed by atoms with Crippen molar-refractivity contribution in [3.8, 4) is 0 Å². The highest BCUT2D eigenvalue weighted by Gasteiger charge is 2.23. The molecule has 1 fully saturated rings. The van der Waals surface area contributed by atoms with Gasteiger partial charge in [-0.05, 0) is 49.2 Å². The van der Waals surface area contributed by atoms with E-state index in [-0.39, 0.29) is 0 Å². The van der Waals surface area contributed by atoms with E-state index in [1.54, 1.807) is 0 Å². The van der Waals surface area contributed by atoms with E-state index in [0.29, 0.717) is 6.26 Å². The molecule has 1 N–H and O–H groups in total. The lowest BCUT2D eigenvalue weighted by Crippen LogP contribution is -2.43. The molecule has 0 atom stereocenters. The van der Waals surface area contributed by atoms with Crippen LogP contribution in [0.1, 0.15) is 11.1 Å². The molecule has 0 aromatic heterocycles. The van der Waals surface area contributed by atoms with Gasteiger partial charge < -0.3 is 9.80 Å². The van der Waals surface area contributed by atoms with Crippen molar-refractivity contribution < 1.29 is 13.0 Å². The van der Waals surface area contributed by atoms with Crippen molar-refractivity contribution in [3.63, 3.8) is 0 Å². The Morgan fingerprint density at radius 2 is 1.69 bits per heavy atom. The fourth-order valence-electron chi connectivity index (χ4n) is 3.27. The Morgan fingerprint density at radius 3 is 2.34 bits per heavy atom. The quantitative estimate of drug-likeness (QED) is 0.545. The van der Waals surface area contributed by atoms with Crippen LogP contribution in [0.15, 0.2) is 57.2 Å². The summed E-state index contributed by atoms with van der Waals surface area (Å²) in [6.45, 7) is 4.45. The van der Waals surface area contributed by atoms with Crippen LogP contribution < -0.4 is 0 Å². The molecular weight excluding hydrogens is 424 g/mol. The molecule has 156 valence electrons. The van der Waals surface area contributed by atoms with Crippen LogP contribution in [0.5, 0.6) is 0 Å². The van der Waals surface area contributed by atoms with Gasteiger partial charge in [-0.15, -0.1) is 11.8 Å². The highest BCUT2D eigenvalue weighted by molar-refractivity contribution is 7.99. The van der Waals surface area contributed by atoms with E-state index in [9.17, 15) is 8.42 Å². The molecule has 5 nitrogen and oxygen atoms in total. The molecule has 2 aliphatic heterocycles. The SMILES string of the molecule is CS(=O)(=O)O.CSc1ccc2c(c1)C(N1CCN(C)CC1)=Cc1ccccc1S2. The Balaban J connectivity index is 0.000000431. The summed E-state index contributed by atoms with van der Waals surface area (Å²) in [4.78, 5) is 9.02. The maximum absolute atomic E-state index is 9.19. The average molecular weight is 451 g/mol. The second-order valence-electron chi connectivity index (χ2n) is 7.05. The summed E-state index contributed by atoms with van der Waals surface area (Å²) in [7, 11) is -1.45. The topological polar surface area (TPSA) is 60.9 Å². The Hall–Kier alpha value is -1.45. The second kappa shape index (κ2) is 9.57. The maximum atomic E-state index is 9.19. The molecule has 2 aliphatic rings. The molecular formula is C21H26N2O3S3. The van der Waals surface area contributed by atoms with Crippen molar-refractivity contribution in [2.45, 2.75) is 14.7 Å². The minimum atomic E-state index is -3.67. The molecule has 0 spiro atoms. The third kappa shape index (κ3) is 6.26. The normalized spacial score (nSPS) is 16.7. The van der Waals surface area contributed by atoms with E-state index in [1.165, 1.54) is 31.5 Å². The first kappa shape index (κ1) is 22.2. The Kier molecular flexibility index (Phi) is 7.34. The summed E-state index contributed by atoms with van der Waals surface area (Å²) in [5.41, 5.74) is 4.09. The smallest absolute Gasteiger partial charge is 0.261 e. The lowest BCUT2D eigenvalue weighted by Gasteiger charge is -2.36. The number of benzene rings is 2. The monoisotopic (exact) mass is 450 g/mol. The predicted molar refractivity (Wildman–Crippen MR) is 123 cm³/mol. The number of rotatable bonds is 2. The highest BCUT2D eigenvalue weighted by Crippen LogP contribution is 2.42. The number of thioether (sulfide) groups is 1. The van der Waals surface area contributed by atoms with E-state index in [4.69, 9.17) is 4.55 Å². The van der Waals surface area contributed by atoms with Crippen molar-refractivity contribution in [1.82, 2.24) is 9.80 Å². The third-order valence-corrected chi connectivity index (χ3v) is 6.63. The largest absolute Gasteiger partial charge is 0.368 e. The van der Waals surface area contributed by atoms with Crippen LogP contribution >= 0.6 is 23.5 Å². The molecule has 2 heterocycles. The molecule has 8 heteroatoms. The van der Waals surface area contributed by atoms with Crippen LogP contribution in [0, 0.1) is 0 Å². The van der Waals surface area contributed by atoms with Crippen molar-refractivity contribution in [3.05, 3.63) is 53.6 Å². The predicted octanol–water partition coefficient (Wildman–Crippen LogP) is 4.12. The van der Waals surface area contributed by atoms with Gasteiger partial charge in [0.05, 0.1) is 6.26 Å². The van der Waals surface area contributed by atoms with E-state index < -0.39 is 10.1 Å². The Bertz CT molecular complexity index is 990. The number of hydrogen-bond acceptors (Lipinski definition) is 6. The fraction of sp³-hybridized carbons (Fsp3) is 0.333. The molecule has 0 bridgehead atoms. The van der Waals surface area contributed by atoms with Gasteiger partial charge in [-0.25, -0.2) is 0 Å². The maximum Gasteiger partial charge on any atom is 0.261 e. The van der Waals surface area contributed by atoms with Gasteiger partial charge in [-0.2, -0.15) is 8.42 Å². The van der Waals surface area contributed by atoms with E-state index in [0.717, 1.165) is 26.2 Å². The summed E-state index contributed by atoms with van der Waals surface area (Å²) in [6.07, 6.45) is 5.26. The van der Waals surface area contributed by atoms with Gasteiger partial charge in [0.15, 0.2) is 0 Å². The van der Waals surface area contributed by atoms with E-state index in [1.807, 2.05) is 23.5 Å². The van der Waals surface area contributed by atoms with E-state index >= 15 is 0 Å². The molecule has 0 saturated carbocycles. The fourth-order valence-corrected chi connectivity index (χ4v) is 4.75. The molecule has 4 rings (SSSR count). The first-order chi connectivity index (χ1) is 13.7. The third-order valence-electron chi connectivity index (χ3n) is 4.74. The lowest BCUT2D eigenvalue weighted by molar-refractivity contribution is 0.207. The number of hydrogen-bond donors (Lipinski definition) is 1. The van der Waals surface area contributed by atoms with Crippen molar-refractivity contribution >= 4 is 45.4 Å². The Morgan fingerprint density at radius 1 is 1.03 bits per heavy atom. The molecule has 0 radical (unpaired) electrons. The zero-order valence-corrected chi connectivity index (χ0v) is 19.3. The van der Waals surface area contributed by atoms with Crippen LogP contribution in [0.3, 0.4) is 0 Å². The summed E-state index contributed by atoms with van der Waals surface area (Å²) >= 11 is 3.71. The Labute approximate surface area is 181 Å². The van der Waals surface area contributed by atoms with Gasteiger partial charge in [0.25, 0.3) is 10.1 Å². The van der Waals surface area contributed by atoms with Gasteiger partial charge >= 0.3 is 0 Å². The summed E-state index contributed by atoms with van der Waals surface area (Å²) < 4.78 is 25.9. The van der Waals surface area contributed by atoms with Crippen LogP contribution in [-0.2, 0) is 10.1 Å². The number of likely N-dealkylation sites (N-methyl/N-ethyl adjacent to an activating group) is 1. The van der Waals surface area contributed by atoms with Gasteiger partial charge in [0.1, 0.15) is 0 Å². The van der Waals surface area contributed by atoms with Crippen LogP contribution in [0.25, 0.3) is 11.8 Å². The van der Waals surface area contributed by atoms with Gasteiger partial charge in [-0.1, -0.05) is 30.0 Å². The number of nitrogens with zero attached hydrogens (tertiary/aromatic N) is 2. The van der Waals surface area contributed by atoms with Gasteiger partial charge in [0.2, 0.25) is 0 Å². The zero-order chi connectivity index (χ0) is 21.0. The van der Waals surface area contributed by atoms with Crippen LogP contribution in [0.4, 0.5) is 0 Å². The minimum Gasteiger partial charge on any atom is -0.368 e. The van der Waals surface area contributed by atoms with Crippen molar-refractivity contribution in [1.29, 1.82) is 0 Å². The number of fused-ring (bicyclic) bond motifs is 2. The molecule has 0 aliphatic carbocycles. The van der Waals surface area contributed by atoms with Crippen LogP contribution in [0.2, 0.25) is 0 Å². The van der Waals surface area contributed by atoms with Crippen molar-refractivity contribution in [2.75, 3.05) is 45.7 Å².